The van der Waals surface area contributed by atoms with Crippen molar-refractivity contribution in [1.29, 1.82) is 0 Å². The van der Waals surface area contributed by atoms with Crippen LogP contribution in [0.3, 0.4) is 0 Å². The molecule has 0 bridgehead atoms. The molecular formula is C23H23ClN4O4S2. The number of benzene rings is 2. The molecule has 0 unspecified atom stereocenters. The van der Waals surface area contributed by atoms with E-state index in [0.29, 0.717) is 29.4 Å². The first-order valence-corrected chi connectivity index (χ1v) is 13.6. The number of nitrogens with zero attached hydrogens (tertiary/aromatic N) is 3. The molecule has 2 aliphatic rings. The van der Waals surface area contributed by atoms with Crippen molar-refractivity contribution in [1.82, 2.24) is 4.98 Å². The summed E-state index contributed by atoms with van der Waals surface area (Å²) in [5, 5.41) is 2.65. The Bertz CT molecular complexity index is 1330. The van der Waals surface area contributed by atoms with Gasteiger partial charge in [-0.25, -0.2) is 13.4 Å². The Morgan fingerprint density at radius 3 is 2.79 bits per heavy atom. The molecule has 2 aliphatic heterocycles. The number of hydrogen-bond acceptors (Lipinski definition) is 7. The third-order valence-electron chi connectivity index (χ3n) is 6.15. The molecule has 0 spiro atoms. The number of rotatable bonds is 6. The average Bonchev–Trinajstić information content (AvgIpc) is 3.47. The van der Waals surface area contributed by atoms with Crippen molar-refractivity contribution < 1.29 is 17.9 Å². The molecule has 1 saturated heterocycles. The van der Waals surface area contributed by atoms with Crippen molar-refractivity contribution in [2.75, 3.05) is 34.7 Å². The maximum atomic E-state index is 13.6. The lowest BCUT2D eigenvalue weighted by atomic mass is 9.99. The fourth-order valence-electron chi connectivity index (χ4n) is 4.61. The molecule has 0 radical (unpaired) electrons. The zero-order valence-corrected chi connectivity index (χ0v) is 20.8. The number of halogens is 1. The summed E-state index contributed by atoms with van der Waals surface area (Å²) < 4.78 is 33.8. The predicted molar refractivity (Wildman–Crippen MR) is 134 cm³/mol. The van der Waals surface area contributed by atoms with Crippen LogP contribution >= 0.6 is 22.9 Å². The number of carbonyl (C=O) groups excluding carboxylic acids is 1. The highest BCUT2D eigenvalue weighted by molar-refractivity contribution is 7.93. The van der Waals surface area contributed by atoms with E-state index in [0.717, 1.165) is 30.6 Å². The summed E-state index contributed by atoms with van der Waals surface area (Å²) >= 11 is 7.37. The molecule has 3 heterocycles. The molecule has 178 valence electrons. The third-order valence-corrected chi connectivity index (χ3v) is 8.54. The number of nitrogens with one attached hydrogen (secondary N) is 1. The van der Waals surface area contributed by atoms with E-state index in [1.807, 2.05) is 18.2 Å². The van der Waals surface area contributed by atoms with Crippen LogP contribution in [0.1, 0.15) is 18.4 Å². The molecule has 1 aromatic heterocycles. The minimum atomic E-state index is -3.87. The van der Waals surface area contributed by atoms with Gasteiger partial charge < -0.3 is 14.5 Å². The summed E-state index contributed by atoms with van der Waals surface area (Å²) in [5.41, 5.74) is 2.61. The van der Waals surface area contributed by atoms with Crippen LogP contribution in [-0.2, 0) is 21.2 Å². The number of sulfonamides is 1. The van der Waals surface area contributed by atoms with Gasteiger partial charge in [-0.1, -0.05) is 11.6 Å². The second kappa shape index (κ2) is 9.09. The highest BCUT2D eigenvalue weighted by atomic mass is 35.5. The average molecular weight is 519 g/mol. The molecule has 34 heavy (non-hydrogen) atoms. The van der Waals surface area contributed by atoms with Crippen molar-refractivity contribution in [3.8, 4) is 5.75 Å². The van der Waals surface area contributed by atoms with Gasteiger partial charge in [0.1, 0.15) is 11.8 Å². The van der Waals surface area contributed by atoms with E-state index >= 15 is 0 Å². The standard InChI is InChI=1S/C23H23ClN4O4S2/c1-32-21-7-5-17(34(30,31)26-23-25-9-12-33-23)14-20(21)28-11-8-19(22(28)29)27-10-2-3-15-13-16(24)4-6-18(15)27/h4-7,9,12-14,19H,2-3,8,10-11H2,1H3,(H,25,26)/t19-/m0/s1. The van der Waals surface area contributed by atoms with E-state index in [1.165, 1.54) is 36.8 Å². The molecule has 1 atom stereocenters. The van der Waals surface area contributed by atoms with Gasteiger partial charge in [0, 0.05) is 35.4 Å². The molecule has 2 aromatic carbocycles. The van der Waals surface area contributed by atoms with E-state index in [1.54, 1.807) is 16.3 Å². The van der Waals surface area contributed by atoms with E-state index in [-0.39, 0.29) is 22.0 Å². The number of thiazole rings is 1. The number of anilines is 3. The summed E-state index contributed by atoms with van der Waals surface area (Å²) in [6.45, 7) is 1.24. The molecule has 1 amide bonds. The largest absolute Gasteiger partial charge is 0.495 e. The monoisotopic (exact) mass is 518 g/mol. The van der Waals surface area contributed by atoms with Gasteiger partial charge >= 0.3 is 0 Å². The Morgan fingerprint density at radius 2 is 2.03 bits per heavy atom. The van der Waals surface area contributed by atoms with Gasteiger partial charge in [-0.3, -0.25) is 9.52 Å². The van der Waals surface area contributed by atoms with Crippen LogP contribution in [0.5, 0.6) is 5.75 Å². The molecule has 1 fully saturated rings. The fraction of sp³-hybridized carbons (Fsp3) is 0.304. The fourth-order valence-corrected chi connectivity index (χ4v) is 6.61. The van der Waals surface area contributed by atoms with Crippen molar-refractivity contribution in [2.45, 2.75) is 30.2 Å². The van der Waals surface area contributed by atoms with Crippen LogP contribution in [0, 0.1) is 0 Å². The van der Waals surface area contributed by atoms with E-state index < -0.39 is 10.0 Å². The molecule has 0 saturated carbocycles. The summed E-state index contributed by atoms with van der Waals surface area (Å²) in [4.78, 5) is 21.4. The number of fused-ring (bicyclic) bond motifs is 1. The van der Waals surface area contributed by atoms with Gasteiger partial charge in [0.2, 0.25) is 5.91 Å². The van der Waals surface area contributed by atoms with Crippen LogP contribution in [-0.4, -0.2) is 45.6 Å². The van der Waals surface area contributed by atoms with Gasteiger partial charge in [-0.05, 0) is 61.2 Å². The lowest BCUT2D eigenvalue weighted by Crippen LogP contribution is -2.44. The van der Waals surface area contributed by atoms with Crippen LogP contribution in [0.25, 0.3) is 0 Å². The zero-order valence-electron chi connectivity index (χ0n) is 18.4. The molecule has 5 rings (SSSR count). The maximum absolute atomic E-state index is 13.6. The minimum Gasteiger partial charge on any atom is -0.495 e. The summed E-state index contributed by atoms with van der Waals surface area (Å²) in [6.07, 6.45) is 4.02. The number of aromatic nitrogens is 1. The summed E-state index contributed by atoms with van der Waals surface area (Å²) in [7, 11) is -2.37. The quantitative estimate of drug-likeness (QED) is 0.526. The first-order valence-electron chi connectivity index (χ1n) is 10.8. The van der Waals surface area contributed by atoms with Gasteiger partial charge in [-0.15, -0.1) is 11.3 Å². The third kappa shape index (κ3) is 4.21. The highest BCUT2D eigenvalue weighted by Gasteiger charge is 2.39. The number of aryl methyl sites for hydroxylation is 1. The van der Waals surface area contributed by atoms with Crippen molar-refractivity contribution in [3.05, 3.63) is 58.6 Å². The molecule has 1 N–H and O–H groups in total. The van der Waals surface area contributed by atoms with Crippen LogP contribution in [0.2, 0.25) is 5.02 Å². The van der Waals surface area contributed by atoms with Crippen molar-refractivity contribution in [3.63, 3.8) is 0 Å². The van der Waals surface area contributed by atoms with E-state index in [4.69, 9.17) is 16.3 Å². The SMILES string of the molecule is COc1ccc(S(=O)(=O)Nc2nccs2)cc1N1CC[C@H](N2CCCc3cc(Cl)ccc32)C1=O. The van der Waals surface area contributed by atoms with E-state index in [9.17, 15) is 13.2 Å². The second-order valence-electron chi connectivity index (χ2n) is 8.14. The van der Waals surface area contributed by atoms with Crippen LogP contribution in [0.4, 0.5) is 16.5 Å². The van der Waals surface area contributed by atoms with E-state index in [2.05, 4.69) is 14.6 Å². The van der Waals surface area contributed by atoms with Gasteiger partial charge in [-0.2, -0.15) is 0 Å². The first kappa shape index (κ1) is 22.9. The van der Waals surface area contributed by atoms with Gasteiger partial charge in [0.05, 0.1) is 17.7 Å². The van der Waals surface area contributed by atoms with Gasteiger partial charge in [0.15, 0.2) is 5.13 Å². The number of methoxy groups -OCH3 is 1. The lowest BCUT2D eigenvalue weighted by Gasteiger charge is -2.35. The topological polar surface area (TPSA) is 91.8 Å². The van der Waals surface area contributed by atoms with Crippen molar-refractivity contribution >= 4 is 55.4 Å². The Labute approximate surface area is 207 Å². The Kier molecular flexibility index (Phi) is 6.13. The number of hydrogen-bond donors (Lipinski definition) is 1. The Balaban J connectivity index is 1.45. The molecule has 3 aromatic rings. The predicted octanol–water partition coefficient (Wildman–Crippen LogP) is 4.16. The van der Waals surface area contributed by atoms with Crippen molar-refractivity contribution in [2.24, 2.45) is 0 Å². The maximum Gasteiger partial charge on any atom is 0.263 e. The zero-order chi connectivity index (χ0) is 23.9. The number of carbonyl (C=O) groups is 1. The molecule has 0 aliphatic carbocycles. The van der Waals surface area contributed by atoms with Crippen LogP contribution in [0.15, 0.2) is 52.9 Å². The minimum absolute atomic E-state index is 0.0349. The first-order chi connectivity index (χ1) is 16.4. The lowest BCUT2D eigenvalue weighted by molar-refractivity contribution is -0.118. The highest BCUT2D eigenvalue weighted by Crippen LogP contribution is 2.38. The second-order valence-corrected chi connectivity index (χ2v) is 11.2. The smallest absolute Gasteiger partial charge is 0.263 e. The molecular weight excluding hydrogens is 496 g/mol. The Morgan fingerprint density at radius 1 is 1.18 bits per heavy atom. The molecule has 11 heteroatoms. The Hall–Kier alpha value is -2.82. The molecule has 8 nitrogen and oxygen atoms in total. The van der Waals surface area contributed by atoms with Gasteiger partial charge in [0.25, 0.3) is 10.0 Å². The normalized spacial score (nSPS) is 18.2. The summed E-state index contributed by atoms with van der Waals surface area (Å²) in [5.74, 6) is 0.358. The summed E-state index contributed by atoms with van der Waals surface area (Å²) in [6, 6.07) is 9.98. The number of amides is 1. The number of ether oxygens (including phenoxy) is 1. The van der Waals surface area contributed by atoms with Crippen LogP contribution < -0.4 is 19.3 Å².